The molecule has 1 aliphatic rings. The molecule has 0 aliphatic carbocycles. The van der Waals surface area contributed by atoms with Gasteiger partial charge in [0.15, 0.2) is 0 Å². The molecule has 0 spiro atoms. The van der Waals surface area contributed by atoms with Crippen molar-refractivity contribution in [1.29, 1.82) is 0 Å². The van der Waals surface area contributed by atoms with E-state index in [1.165, 1.54) is 12.2 Å². The number of hydrazine groups is 1. The summed E-state index contributed by atoms with van der Waals surface area (Å²) in [5.74, 6) is 0. The van der Waals surface area contributed by atoms with E-state index in [2.05, 4.69) is 5.43 Å². The van der Waals surface area contributed by atoms with Gasteiger partial charge in [-0.05, 0) is 12.2 Å². The summed E-state index contributed by atoms with van der Waals surface area (Å²) in [6.45, 7) is 0.419. The molecule has 13 heavy (non-hydrogen) atoms. The van der Waals surface area contributed by atoms with Crippen molar-refractivity contribution in [2.75, 3.05) is 13.6 Å². The van der Waals surface area contributed by atoms with Crippen molar-refractivity contribution in [3.8, 4) is 0 Å². The van der Waals surface area contributed by atoms with Crippen LogP contribution in [0.4, 0.5) is 0 Å². The Balaban J connectivity index is 0.00000144. The molecule has 0 fully saturated rings. The van der Waals surface area contributed by atoms with Crippen LogP contribution < -0.4 is 5.43 Å². The normalized spacial score (nSPS) is 16.5. The van der Waals surface area contributed by atoms with Crippen molar-refractivity contribution in [2.24, 2.45) is 0 Å². The minimum absolute atomic E-state index is 0. The van der Waals surface area contributed by atoms with Gasteiger partial charge in [-0.3, -0.25) is 4.55 Å². The van der Waals surface area contributed by atoms with Gasteiger partial charge in [0.25, 0.3) is 10.1 Å². The van der Waals surface area contributed by atoms with Crippen LogP contribution in [0.3, 0.4) is 0 Å². The van der Waals surface area contributed by atoms with Crippen molar-refractivity contribution < 1.29 is 30.0 Å². The van der Waals surface area contributed by atoms with Crippen LogP contribution >= 0.6 is 0 Å². The molecule has 0 saturated carbocycles. The van der Waals surface area contributed by atoms with E-state index in [4.69, 9.17) is 4.55 Å². The van der Waals surface area contributed by atoms with Crippen LogP contribution in [0.5, 0.6) is 0 Å². The fourth-order valence-corrected chi connectivity index (χ4v) is 1.36. The van der Waals surface area contributed by atoms with Crippen LogP contribution in [0, 0.1) is 0 Å². The molecule has 1 heterocycles. The third-order valence-corrected chi connectivity index (χ3v) is 2.39. The monoisotopic (exact) mass is 253 g/mol. The number of allylic oxidation sites excluding steroid dienone is 1. The molecule has 0 aromatic rings. The predicted molar refractivity (Wildman–Crippen MR) is 44.5 cm³/mol. The second-order valence-corrected chi connectivity index (χ2v) is 3.69. The first kappa shape index (κ1) is 12.7. The van der Waals surface area contributed by atoms with Crippen molar-refractivity contribution >= 4 is 10.1 Å². The summed E-state index contributed by atoms with van der Waals surface area (Å²) in [6, 6.07) is 0. The third kappa shape index (κ3) is 3.49. The molecule has 79 valence electrons. The van der Waals surface area contributed by atoms with E-state index in [9.17, 15) is 8.42 Å². The molecule has 0 aromatic heterocycles. The topological polar surface area (TPSA) is 69.6 Å². The van der Waals surface area contributed by atoms with Crippen LogP contribution in [0.15, 0.2) is 23.3 Å². The van der Waals surface area contributed by atoms with Crippen molar-refractivity contribution in [3.63, 3.8) is 0 Å². The van der Waals surface area contributed by atoms with Gasteiger partial charge < -0.3 is 5.01 Å². The van der Waals surface area contributed by atoms with Crippen LogP contribution in [0.25, 0.3) is 0 Å². The Labute approximate surface area is 87.7 Å². The van der Waals surface area contributed by atoms with Gasteiger partial charge in [0.05, 0.1) is 11.4 Å². The van der Waals surface area contributed by atoms with Crippen LogP contribution in [-0.4, -0.2) is 31.6 Å². The van der Waals surface area contributed by atoms with Gasteiger partial charge in [-0.1, -0.05) is 0 Å². The minimum atomic E-state index is -4.04. The Bertz CT molecular complexity index is 323. The van der Waals surface area contributed by atoms with E-state index in [-0.39, 0.29) is 22.0 Å². The Morgan fingerprint density at radius 2 is 2.23 bits per heavy atom. The van der Waals surface area contributed by atoms with Crippen molar-refractivity contribution in [3.05, 3.63) is 23.3 Å². The van der Waals surface area contributed by atoms with Gasteiger partial charge in [0.2, 0.25) is 0 Å². The summed E-state index contributed by atoms with van der Waals surface area (Å²) in [4.78, 5) is -0.0611. The standard InChI is InChI=1S/C6H10N2O3S.Cu/c1-7-8-4-2-6(3-5-8)12(9,10)11;/h2-4,7H,5H2,1H3,(H,9,10,11);. The van der Waals surface area contributed by atoms with E-state index in [1.807, 2.05) is 0 Å². The second kappa shape index (κ2) is 4.78. The van der Waals surface area contributed by atoms with E-state index in [0.29, 0.717) is 6.54 Å². The first-order valence-electron chi connectivity index (χ1n) is 3.34. The SMILES string of the molecule is CNN1C=CC(S(=O)(=O)O)=CC1.[Cu]. The number of hydrogen-bond acceptors (Lipinski definition) is 4. The molecule has 0 atom stereocenters. The Hall–Kier alpha value is -0.331. The molecule has 0 saturated heterocycles. The predicted octanol–water partition coefficient (Wildman–Crippen LogP) is -0.281. The minimum Gasteiger partial charge on any atom is -0.312 e. The van der Waals surface area contributed by atoms with E-state index < -0.39 is 10.1 Å². The maximum Gasteiger partial charge on any atom is 0.294 e. The van der Waals surface area contributed by atoms with E-state index >= 15 is 0 Å². The zero-order chi connectivity index (χ0) is 9.19. The molecule has 2 N–H and O–H groups in total. The van der Waals surface area contributed by atoms with Crippen LogP contribution in [-0.2, 0) is 27.2 Å². The number of hydrogen-bond donors (Lipinski definition) is 2. The Kier molecular flexibility index (Phi) is 4.66. The summed E-state index contributed by atoms with van der Waals surface area (Å²) in [6.07, 6.45) is 4.30. The fraction of sp³-hybridized carbons (Fsp3) is 0.333. The third-order valence-electron chi connectivity index (χ3n) is 1.49. The maximum atomic E-state index is 10.6. The zero-order valence-electron chi connectivity index (χ0n) is 6.86. The van der Waals surface area contributed by atoms with Crippen LogP contribution in [0.2, 0.25) is 0 Å². The molecule has 0 aromatic carbocycles. The first-order chi connectivity index (χ1) is 5.54. The van der Waals surface area contributed by atoms with Gasteiger partial charge in [-0.2, -0.15) is 8.42 Å². The average Bonchev–Trinajstić information content (AvgIpc) is 2.03. The average molecular weight is 254 g/mol. The smallest absolute Gasteiger partial charge is 0.294 e. The van der Waals surface area contributed by atoms with E-state index in [1.54, 1.807) is 18.3 Å². The van der Waals surface area contributed by atoms with Gasteiger partial charge in [-0.15, -0.1) is 0 Å². The summed E-state index contributed by atoms with van der Waals surface area (Å²) in [5, 5.41) is 1.68. The van der Waals surface area contributed by atoms with Gasteiger partial charge in [0, 0.05) is 30.3 Å². The largest absolute Gasteiger partial charge is 0.312 e. The van der Waals surface area contributed by atoms with Crippen molar-refractivity contribution in [1.82, 2.24) is 10.4 Å². The van der Waals surface area contributed by atoms with Gasteiger partial charge >= 0.3 is 0 Å². The fourth-order valence-electron chi connectivity index (χ4n) is 0.838. The quantitative estimate of drug-likeness (QED) is 0.523. The number of nitrogens with one attached hydrogen (secondary N) is 1. The first-order valence-corrected chi connectivity index (χ1v) is 4.78. The number of rotatable bonds is 2. The second-order valence-electron chi connectivity index (χ2n) is 2.27. The van der Waals surface area contributed by atoms with Gasteiger partial charge in [-0.25, -0.2) is 5.43 Å². The van der Waals surface area contributed by atoms with E-state index in [0.717, 1.165) is 0 Å². The molecule has 0 unspecified atom stereocenters. The van der Waals surface area contributed by atoms with Crippen LogP contribution in [0.1, 0.15) is 0 Å². The summed E-state index contributed by atoms with van der Waals surface area (Å²) < 4.78 is 29.8. The Morgan fingerprint density at radius 1 is 1.62 bits per heavy atom. The molecule has 1 radical (unpaired) electrons. The summed E-state index contributed by atoms with van der Waals surface area (Å²) in [7, 11) is -2.32. The molecular weight excluding hydrogens is 244 g/mol. The molecule has 0 bridgehead atoms. The molecular formula is C6H10CuN2O3S. The number of nitrogens with zero attached hydrogens (tertiary/aromatic N) is 1. The molecule has 5 nitrogen and oxygen atoms in total. The van der Waals surface area contributed by atoms with Crippen molar-refractivity contribution in [2.45, 2.75) is 0 Å². The molecule has 0 amide bonds. The molecule has 1 rings (SSSR count). The van der Waals surface area contributed by atoms with Gasteiger partial charge in [0.1, 0.15) is 0 Å². The zero-order valence-corrected chi connectivity index (χ0v) is 8.62. The summed E-state index contributed by atoms with van der Waals surface area (Å²) >= 11 is 0. The summed E-state index contributed by atoms with van der Waals surface area (Å²) in [5.41, 5.74) is 2.80. The molecule has 7 heteroatoms. The molecule has 1 aliphatic heterocycles. The Morgan fingerprint density at radius 3 is 2.54 bits per heavy atom. The maximum absolute atomic E-state index is 10.6.